The number of nitrogens with zero attached hydrogens (tertiary/aromatic N) is 3. The van der Waals surface area contributed by atoms with Crippen molar-refractivity contribution in [3.05, 3.63) is 29.6 Å². The summed E-state index contributed by atoms with van der Waals surface area (Å²) in [6.07, 6.45) is 0.818. The lowest BCUT2D eigenvalue weighted by atomic mass is 10.2. The van der Waals surface area contributed by atoms with Crippen LogP contribution in [-0.4, -0.2) is 53.2 Å². The fourth-order valence-corrected chi connectivity index (χ4v) is 3.16. The normalized spacial score (nSPS) is 16.7. The van der Waals surface area contributed by atoms with Crippen LogP contribution in [0.3, 0.4) is 0 Å². The molecule has 0 N–H and O–H groups in total. The van der Waals surface area contributed by atoms with E-state index in [0.29, 0.717) is 5.88 Å². The second kappa shape index (κ2) is 6.77. The fourth-order valence-electron chi connectivity index (χ4n) is 3.00. The first kappa shape index (κ1) is 14.8. The molecule has 0 amide bonds. The molecule has 0 bridgehead atoms. The molecule has 5 heteroatoms. The minimum atomic E-state index is 0.611. The molecule has 1 aromatic carbocycles. The highest BCUT2D eigenvalue weighted by molar-refractivity contribution is 6.17. The molecule has 0 atom stereocenters. The molecule has 0 radical (unpaired) electrons. The Morgan fingerprint density at radius 2 is 2.05 bits per heavy atom. The van der Waals surface area contributed by atoms with Gasteiger partial charge in [-0.15, -0.1) is 11.6 Å². The van der Waals surface area contributed by atoms with Gasteiger partial charge in [0.1, 0.15) is 5.82 Å². The molecule has 4 nitrogen and oxygen atoms in total. The third kappa shape index (κ3) is 3.23. The second-order valence-corrected chi connectivity index (χ2v) is 5.89. The van der Waals surface area contributed by atoms with Gasteiger partial charge in [-0.3, -0.25) is 4.90 Å². The largest absolute Gasteiger partial charge is 0.379 e. The average molecular weight is 308 g/mol. The number of ether oxygens (including phenoxy) is 1. The summed E-state index contributed by atoms with van der Waals surface area (Å²) >= 11 is 5.94. The van der Waals surface area contributed by atoms with Gasteiger partial charge in [0.2, 0.25) is 0 Å². The molecule has 0 spiro atoms. The van der Waals surface area contributed by atoms with Crippen molar-refractivity contribution in [2.45, 2.75) is 19.9 Å². The van der Waals surface area contributed by atoms with Gasteiger partial charge in [0, 0.05) is 38.5 Å². The maximum atomic E-state index is 5.94. The average Bonchev–Trinajstić information content (AvgIpc) is 2.85. The maximum Gasteiger partial charge on any atom is 0.111 e. The van der Waals surface area contributed by atoms with Crippen molar-refractivity contribution in [2.75, 3.05) is 38.7 Å². The summed E-state index contributed by atoms with van der Waals surface area (Å²) < 4.78 is 7.76. The summed E-state index contributed by atoms with van der Waals surface area (Å²) in [5, 5.41) is 0. The van der Waals surface area contributed by atoms with Crippen LogP contribution in [-0.2, 0) is 17.7 Å². The lowest BCUT2D eigenvalue weighted by Gasteiger charge is -2.27. The predicted octanol–water partition coefficient (Wildman–Crippen LogP) is 2.46. The summed E-state index contributed by atoms with van der Waals surface area (Å²) in [4.78, 5) is 7.22. The minimum absolute atomic E-state index is 0.611. The summed E-state index contributed by atoms with van der Waals surface area (Å²) in [5.41, 5.74) is 3.62. The van der Waals surface area contributed by atoms with Crippen LogP contribution in [0.4, 0.5) is 0 Å². The number of imidazole rings is 1. The van der Waals surface area contributed by atoms with Gasteiger partial charge >= 0.3 is 0 Å². The van der Waals surface area contributed by atoms with Gasteiger partial charge in [-0.1, -0.05) is 12.1 Å². The van der Waals surface area contributed by atoms with Crippen LogP contribution in [0.2, 0.25) is 0 Å². The molecule has 1 saturated heterocycles. The number of aromatic nitrogens is 2. The van der Waals surface area contributed by atoms with E-state index in [1.807, 2.05) is 0 Å². The van der Waals surface area contributed by atoms with Gasteiger partial charge in [0.25, 0.3) is 0 Å². The zero-order valence-electron chi connectivity index (χ0n) is 12.5. The topological polar surface area (TPSA) is 30.3 Å². The second-order valence-electron chi connectivity index (χ2n) is 5.52. The molecule has 2 heterocycles. The van der Waals surface area contributed by atoms with Crippen LogP contribution in [0.25, 0.3) is 11.0 Å². The molecule has 1 aromatic heterocycles. The van der Waals surface area contributed by atoms with E-state index in [4.69, 9.17) is 21.3 Å². The van der Waals surface area contributed by atoms with Crippen molar-refractivity contribution in [3.8, 4) is 0 Å². The van der Waals surface area contributed by atoms with Crippen LogP contribution in [0, 0.1) is 6.92 Å². The van der Waals surface area contributed by atoms with Gasteiger partial charge in [-0.05, 0) is 18.6 Å². The van der Waals surface area contributed by atoms with Gasteiger partial charge in [-0.25, -0.2) is 4.98 Å². The Labute approximate surface area is 130 Å². The van der Waals surface area contributed by atoms with Crippen LogP contribution in [0.5, 0.6) is 0 Å². The van der Waals surface area contributed by atoms with Crippen molar-refractivity contribution in [1.29, 1.82) is 0 Å². The lowest BCUT2D eigenvalue weighted by Crippen LogP contribution is -2.38. The number of hydrogen-bond acceptors (Lipinski definition) is 3. The molecule has 0 saturated carbocycles. The molecule has 1 aliphatic heterocycles. The van der Waals surface area contributed by atoms with E-state index in [-0.39, 0.29) is 0 Å². The number of fused-ring (bicyclic) bond motifs is 1. The summed E-state index contributed by atoms with van der Waals surface area (Å²) in [5.74, 6) is 1.71. The third-order valence-electron chi connectivity index (χ3n) is 4.11. The highest BCUT2D eigenvalue weighted by Gasteiger charge is 2.15. The SMILES string of the molecule is Cc1cccc2nc(CCCl)n(CCN3CCOCC3)c12. The zero-order valence-corrected chi connectivity index (χ0v) is 13.3. The summed E-state index contributed by atoms with van der Waals surface area (Å²) in [6, 6.07) is 6.31. The Bertz CT molecular complexity index is 605. The van der Waals surface area contributed by atoms with Gasteiger partial charge < -0.3 is 9.30 Å². The molecular formula is C16H22ClN3O. The molecule has 0 aliphatic carbocycles. The number of alkyl halides is 1. The highest BCUT2D eigenvalue weighted by atomic mass is 35.5. The lowest BCUT2D eigenvalue weighted by molar-refractivity contribution is 0.0364. The number of para-hydroxylation sites is 1. The minimum Gasteiger partial charge on any atom is -0.379 e. The van der Waals surface area contributed by atoms with E-state index in [9.17, 15) is 0 Å². The first-order valence-corrected chi connectivity index (χ1v) is 8.14. The molecule has 21 heavy (non-hydrogen) atoms. The molecular weight excluding hydrogens is 286 g/mol. The Kier molecular flexibility index (Phi) is 4.78. The summed E-state index contributed by atoms with van der Waals surface area (Å²) in [7, 11) is 0. The maximum absolute atomic E-state index is 5.94. The Hall–Kier alpha value is -1.10. The van der Waals surface area contributed by atoms with E-state index in [2.05, 4.69) is 34.6 Å². The monoisotopic (exact) mass is 307 g/mol. The highest BCUT2D eigenvalue weighted by Crippen LogP contribution is 2.21. The zero-order chi connectivity index (χ0) is 14.7. The third-order valence-corrected chi connectivity index (χ3v) is 4.30. The van der Waals surface area contributed by atoms with E-state index >= 15 is 0 Å². The van der Waals surface area contributed by atoms with Crippen LogP contribution in [0.1, 0.15) is 11.4 Å². The number of hydrogen-bond donors (Lipinski definition) is 0. The number of benzene rings is 1. The first-order valence-electron chi connectivity index (χ1n) is 7.60. The van der Waals surface area contributed by atoms with Gasteiger partial charge in [0.15, 0.2) is 0 Å². The fraction of sp³-hybridized carbons (Fsp3) is 0.562. The molecule has 114 valence electrons. The Morgan fingerprint density at radius 3 is 2.81 bits per heavy atom. The standard InChI is InChI=1S/C16H22ClN3O/c1-13-3-2-4-14-16(13)20(15(18-14)5-6-17)8-7-19-9-11-21-12-10-19/h2-4H,5-12H2,1H3. The van der Waals surface area contributed by atoms with Gasteiger partial charge in [0.05, 0.1) is 24.2 Å². The Morgan fingerprint density at radius 1 is 1.24 bits per heavy atom. The number of aryl methyl sites for hydroxylation is 2. The smallest absolute Gasteiger partial charge is 0.111 e. The van der Waals surface area contributed by atoms with Crippen molar-refractivity contribution >= 4 is 22.6 Å². The van der Waals surface area contributed by atoms with Crippen molar-refractivity contribution in [1.82, 2.24) is 14.5 Å². The van der Waals surface area contributed by atoms with E-state index in [1.165, 1.54) is 11.1 Å². The van der Waals surface area contributed by atoms with E-state index in [0.717, 1.165) is 57.2 Å². The van der Waals surface area contributed by atoms with Crippen molar-refractivity contribution in [3.63, 3.8) is 0 Å². The van der Waals surface area contributed by atoms with Gasteiger partial charge in [-0.2, -0.15) is 0 Å². The first-order chi connectivity index (χ1) is 10.3. The van der Waals surface area contributed by atoms with E-state index < -0.39 is 0 Å². The van der Waals surface area contributed by atoms with Crippen molar-refractivity contribution in [2.24, 2.45) is 0 Å². The predicted molar refractivity (Wildman–Crippen MR) is 86.2 cm³/mol. The molecule has 3 rings (SSSR count). The van der Waals surface area contributed by atoms with Crippen molar-refractivity contribution < 1.29 is 4.74 Å². The quantitative estimate of drug-likeness (QED) is 0.795. The molecule has 2 aromatic rings. The van der Waals surface area contributed by atoms with Crippen LogP contribution >= 0.6 is 11.6 Å². The van der Waals surface area contributed by atoms with Crippen LogP contribution < -0.4 is 0 Å². The number of halogens is 1. The number of morpholine rings is 1. The summed E-state index contributed by atoms with van der Waals surface area (Å²) in [6.45, 7) is 7.90. The molecule has 1 fully saturated rings. The Balaban J connectivity index is 1.85. The number of rotatable bonds is 5. The van der Waals surface area contributed by atoms with E-state index in [1.54, 1.807) is 0 Å². The van der Waals surface area contributed by atoms with Crippen LogP contribution in [0.15, 0.2) is 18.2 Å². The molecule has 1 aliphatic rings. The molecule has 0 unspecified atom stereocenters.